The zero-order chi connectivity index (χ0) is 17.8. The summed E-state index contributed by atoms with van der Waals surface area (Å²) in [5, 5.41) is 13.9. The number of rotatable bonds is 7. The lowest BCUT2D eigenvalue weighted by atomic mass is 10.3. The second kappa shape index (κ2) is 9.07. The summed E-state index contributed by atoms with van der Waals surface area (Å²) in [5.41, 5.74) is 0. The Kier molecular flexibility index (Phi) is 6.54. The number of thioether (sulfide) groups is 1. The molecule has 6 nitrogen and oxygen atoms in total. The molecule has 0 N–H and O–H groups in total. The lowest BCUT2D eigenvalue weighted by Crippen LogP contribution is -1.98. The normalized spacial score (nSPS) is 10.6. The molecule has 0 atom stereocenters. The monoisotopic (exact) mass is 420 g/mol. The third kappa shape index (κ3) is 4.71. The molecule has 9 heteroatoms. The van der Waals surface area contributed by atoms with Crippen LogP contribution in [0, 0.1) is 0 Å². The van der Waals surface area contributed by atoms with E-state index in [0.717, 1.165) is 27.3 Å². The molecule has 0 amide bonds. The maximum absolute atomic E-state index is 5.79. The molecule has 0 unspecified atom stereocenters. The quantitative estimate of drug-likeness (QED) is 0.410. The van der Waals surface area contributed by atoms with Crippen LogP contribution in [0.5, 0.6) is 11.5 Å². The fourth-order valence-corrected chi connectivity index (χ4v) is 3.92. The third-order valence-corrected chi connectivity index (χ3v) is 5.51. The van der Waals surface area contributed by atoms with Gasteiger partial charge in [-0.2, -0.15) is 9.61 Å². The van der Waals surface area contributed by atoms with Crippen molar-refractivity contribution < 1.29 is 9.47 Å². The van der Waals surface area contributed by atoms with Crippen molar-refractivity contribution in [3.05, 3.63) is 65.4 Å². The van der Waals surface area contributed by atoms with Gasteiger partial charge in [-0.25, -0.2) is 0 Å². The van der Waals surface area contributed by atoms with Crippen LogP contribution >= 0.6 is 35.5 Å². The van der Waals surface area contributed by atoms with Crippen LogP contribution < -0.4 is 9.47 Å². The number of ether oxygens (including phenoxy) is 2. The van der Waals surface area contributed by atoms with Gasteiger partial charge in [0.15, 0.2) is 10.8 Å². The van der Waals surface area contributed by atoms with E-state index in [1.54, 1.807) is 23.4 Å². The third-order valence-electron chi connectivity index (χ3n) is 3.63. The van der Waals surface area contributed by atoms with Crippen molar-refractivity contribution in [2.24, 2.45) is 0 Å². The highest BCUT2D eigenvalue weighted by atomic mass is 35.5. The SMILES string of the molecule is COc1ccc(OCc2nn3c(CSc4ccccc4)nnc3s2)cc1.Cl. The maximum atomic E-state index is 5.79. The van der Waals surface area contributed by atoms with Crippen LogP contribution in [-0.2, 0) is 12.4 Å². The topological polar surface area (TPSA) is 61.5 Å². The molecule has 0 aliphatic rings. The van der Waals surface area contributed by atoms with Gasteiger partial charge in [0.2, 0.25) is 4.96 Å². The second-order valence-electron chi connectivity index (χ2n) is 5.37. The van der Waals surface area contributed by atoms with Crippen molar-refractivity contribution >= 4 is 40.5 Å². The van der Waals surface area contributed by atoms with E-state index in [9.17, 15) is 0 Å². The van der Waals surface area contributed by atoms with E-state index in [1.165, 1.54) is 16.2 Å². The predicted molar refractivity (Wildman–Crippen MR) is 109 cm³/mol. The summed E-state index contributed by atoms with van der Waals surface area (Å²) in [4.78, 5) is 1.98. The van der Waals surface area contributed by atoms with E-state index < -0.39 is 0 Å². The summed E-state index contributed by atoms with van der Waals surface area (Å²) in [6, 6.07) is 17.7. The highest BCUT2D eigenvalue weighted by Gasteiger charge is 2.12. The van der Waals surface area contributed by atoms with E-state index >= 15 is 0 Å². The zero-order valence-corrected chi connectivity index (χ0v) is 16.9. The Hall–Kier alpha value is -2.29. The van der Waals surface area contributed by atoms with E-state index in [0.29, 0.717) is 12.4 Å². The number of nitrogens with zero attached hydrogens (tertiary/aromatic N) is 4. The molecule has 0 radical (unpaired) electrons. The molecule has 0 spiro atoms. The van der Waals surface area contributed by atoms with Crippen LogP contribution in [0.2, 0.25) is 0 Å². The number of benzene rings is 2. The van der Waals surface area contributed by atoms with E-state index in [-0.39, 0.29) is 12.4 Å². The van der Waals surface area contributed by atoms with Crippen LogP contribution in [0.3, 0.4) is 0 Å². The van der Waals surface area contributed by atoms with Gasteiger partial charge in [0, 0.05) is 4.90 Å². The Morgan fingerprint density at radius 1 is 1.00 bits per heavy atom. The molecule has 27 heavy (non-hydrogen) atoms. The van der Waals surface area contributed by atoms with Crippen molar-refractivity contribution in [1.82, 2.24) is 19.8 Å². The van der Waals surface area contributed by atoms with E-state index in [1.807, 2.05) is 42.5 Å². The molecule has 0 saturated heterocycles. The molecule has 2 aromatic heterocycles. The van der Waals surface area contributed by atoms with Crippen LogP contribution in [0.4, 0.5) is 0 Å². The fourth-order valence-electron chi connectivity index (χ4n) is 2.33. The summed E-state index contributed by atoms with van der Waals surface area (Å²) >= 11 is 3.20. The summed E-state index contributed by atoms with van der Waals surface area (Å²) in [5.74, 6) is 3.13. The Morgan fingerprint density at radius 2 is 1.74 bits per heavy atom. The molecule has 0 saturated carbocycles. The molecule has 140 valence electrons. The standard InChI is InChI=1S/C18H16N4O2S2.ClH/c1-23-13-7-9-14(10-8-13)24-11-17-21-22-16(19-20-18(22)26-17)12-25-15-5-3-2-4-6-15;/h2-10H,11-12H2,1H3;1H. The number of halogens is 1. The summed E-state index contributed by atoms with van der Waals surface area (Å²) < 4.78 is 12.7. The molecule has 2 heterocycles. The first-order chi connectivity index (χ1) is 12.8. The lowest BCUT2D eigenvalue weighted by molar-refractivity contribution is 0.303. The number of fused-ring (bicyclic) bond motifs is 1. The highest BCUT2D eigenvalue weighted by molar-refractivity contribution is 7.98. The molecule has 4 aromatic rings. The number of hydrogen-bond acceptors (Lipinski definition) is 7. The van der Waals surface area contributed by atoms with Crippen LogP contribution in [-0.4, -0.2) is 26.9 Å². The Bertz CT molecular complexity index is 990. The number of methoxy groups -OCH3 is 1. The molecular weight excluding hydrogens is 404 g/mol. The van der Waals surface area contributed by atoms with Gasteiger partial charge < -0.3 is 9.47 Å². The number of hydrogen-bond donors (Lipinski definition) is 0. The summed E-state index contributed by atoms with van der Waals surface area (Å²) in [6.07, 6.45) is 0. The molecule has 0 bridgehead atoms. The van der Waals surface area contributed by atoms with Crippen molar-refractivity contribution in [3.63, 3.8) is 0 Å². The number of aromatic nitrogens is 4. The minimum absolute atomic E-state index is 0. The predicted octanol–water partition coefficient (Wildman–Crippen LogP) is 4.49. The Labute approximate surface area is 170 Å². The first-order valence-electron chi connectivity index (χ1n) is 7.96. The van der Waals surface area contributed by atoms with Gasteiger partial charge in [-0.15, -0.1) is 34.4 Å². The molecule has 4 rings (SSSR count). The molecular formula is C18H17ClN4O2S2. The maximum Gasteiger partial charge on any atom is 0.234 e. The van der Waals surface area contributed by atoms with Gasteiger partial charge in [-0.1, -0.05) is 29.5 Å². The Balaban J connectivity index is 0.00000210. The summed E-state index contributed by atoms with van der Waals surface area (Å²) in [6.45, 7) is 0.394. The van der Waals surface area contributed by atoms with E-state index in [2.05, 4.69) is 27.4 Å². The molecule has 0 aliphatic carbocycles. The van der Waals surface area contributed by atoms with Crippen LogP contribution in [0.15, 0.2) is 59.5 Å². The van der Waals surface area contributed by atoms with Gasteiger partial charge in [-0.3, -0.25) is 0 Å². The van der Waals surface area contributed by atoms with Crippen LogP contribution in [0.1, 0.15) is 10.8 Å². The minimum Gasteiger partial charge on any atom is -0.497 e. The smallest absolute Gasteiger partial charge is 0.234 e. The first-order valence-corrected chi connectivity index (χ1v) is 9.77. The highest BCUT2D eigenvalue weighted by Crippen LogP contribution is 2.24. The molecule has 0 fully saturated rings. The van der Waals surface area contributed by atoms with Gasteiger partial charge >= 0.3 is 0 Å². The van der Waals surface area contributed by atoms with Crippen molar-refractivity contribution in [2.75, 3.05) is 7.11 Å². The molecule has 2 aromatic carbocycles. The molecule has 0 aliphatic heterocycles. The van der Waals surface area contributed by atoms with Gasteiger partial charge in [0.25, 0.3) is 0 Å². The van der Waals surface area contributed by atoms with Gasteiger partial charge in [0.05, 0.1) is 12.9 Å². The average Bonchev–Trinajstić information content (AvgIpc) is 3.26. The summed E-state index contributed by atoms with van der Waals surface area (Å²) in [7, 11) is 1.64. The largest absolute Gasteiger partial charge is 0.497 e. The first kappa shape index (κ1) is 19.5. The second-order valence-corrected chi connectivity index (χ2v) is 7.46. The fraction of sp³-hybridized carbons (Fsp3) is 0.167. The van der Waals surface area contributed by atoms with Crippen LogP contribution in [0.25, 0.3) is 4.96 Å². The zero-order valence-electron chi connectivity index (χ0n) is 14.4. The van der Waals surface area contributed by atoms with Gasteiger partial charge in [0.1, 0.15) is 18.1 Å². The van der Waals surface area contributed by atoms with Gasteiger partial charge in [-0.05, 0) is 36.4 Å². The van der Waals surface area contributed by atoms with Crippen molar-refractivity contribution in [3.8, 4) is 11.5 Å². The van der Waals surface area contributed by atoms with Crippen molar-refractivity contribution in [2.45, 2.75) is 17.3 Å². The lowest BCUT2D eigenvalue weighted by Gasteiger charge is -2.04. The minimum atomic E-state index is 0. The average molecular weight is 421 g/mol. The van der Waals surface area contributed by atoms with Crippen molar-refractivity contribution in [1.29, 1.82) is 0 Å². The Morgan fingerprint density at radius 3 is 2.48 bits per heavy atom. The van der Waals surface area contributed by atoms with E-state index in [4.69, 9.17) is 9.47 Å².